The van der Waals surface area contributed by atoms with E-state index in [1.54, 1.807) is 12.5 Å². The zero-order valence-electron chi connectivity index (χ0n) is 13.7. The summed E-state index contributed by atoms with van der Waals surface area (Å²) in [7, 11) is 0.813. The Balaban J connectivity index is 1.89. The fraction of sp³-hybridized carbons (Fsp3) is 0.176. The quantitative estimate of drug-likeness (QED) is 0.560. The Labute approximate surface area is 149 Å². The standard InChI is InChI=1S/C17H16N4O2S2/c1-20-13-7-14(25(2)23)24-16(13)12-8-19-21(17(22)15(12)20)9-10-4-3-5-11(18)6-10/h3-8H,9,18H2,1-2H3/t25-/m0/s1. The average Bonchev–Trinajstić information content (AvgIpc) is 3.10. The van der Waals surface area contributed by atoms with Crippen molar-refractivity contribution in [3.05, 3.63) is 52.4 Å². The molecule has 3 heterocycles. The minimum atomic E-state index is -1.04. The first-order valence-corrected chi connectivity index (χ1v) is 9.99. The Morgan fingerprint density at radius 3 is 2.84 bits per heavy atom. The predicted octanol–water partition coefficient (Wildman–Crippen LogP) is 2.32. The molecule has 8 heteroatoms. The van der Waals surface area contributed by atoms with Gasteiger partial charge in [0.2, 0.25) is 0 Å². The molecule has 0 bridgehead atoms. The van der Waals surface area contributed by atoms with Gasteiger partial charge in [0.15, 0.2) is 0 Å². The highest BCUT2D eigenvalue weighted by Gasteiger charge is 2.17. The molecule has 6 nitrogen and oxygen atoms in total. The molecule has 1 atom stereocenters. The number of nitrogens with two attached hydrogens (primary N) is 1. The van der Waals surface area contributed by atoms with Crippen molar-refractivity contribution in [1.29, 1.82) is 0 Å². The molecule has 0 unspecified atom stereocenters. The summed E-state index contributed by atoms with van der Waals surface area (Å²) in [5.41, 5.74) is 8.75. The van der Waals surface area contributed by atoms with E-state index in [1.807, 2.05) is 41.9 Å². The molecule has 4 aromatic rings. The number of fused-ring (bicyclic) bond motifs is 3. The Morgan fingerprint density at radius 2 is 2.12 bits per heavy atom. The molecule has 0 aliphatic rings. The Kier molecular flexibility index (Phi) is 3.73. The lowest BCUT2D eigenvalue weighted by molar-refractivity contribution is 0.644. The van der Waals surface area contributed by atoms with Crippen molar-refractivity contribution in [3.63, 3.8) is 0 Å². The maximum Gasteiger partial charge on any atom is 0.291 e. The second-order valence-electron chi connectivity index (χ2n) is 5.91. The average molecular weight is 372 g/mol. The van der Waals surface area contributed by atoms with Crippen LogP contribution in [0.3, 0.4) is 0 Å². The van der Waals surface area contributed by atoms with Crippen LogP contribution in [-0.2, 0) is 24.4 Å². The first-order valence-electron chi connectivity index (χ1n) is 7.61. The number of rotatable bonds is 3. The highest BCUT2D eigenvalue weighted by Crippen LogP contribution is 2.34. The molecule has 128 valence electrons. The molecule has 25 heavy (non-hydrogen) atoms. The fourth-order valence-corrected chi connectivity index (χ4v) is 4.94. The number of hydrogen-bond donors (Lipinski definition) is 1. The van der Waals surface area contributed by atoms with Crippen LogP contribution in [0, 0.1) is 0 Å². The molecule has 0 amide bonds. The number of thiophene rings is 1. The van der Waals surface area contributed by atoms with Gasteiger partial charge in [-0.3, -0.25) is 9.00 Å². The number of aromatic nitrogens is 3. The van der Waals surface area contributed by atoms with Gasteiger partial charge >= 0.3 is 0 Å². The first-order chi connectivity index (χ1) is 12.0. The lowest BCUT2D eigenvalue weighted by Gasteiger charge is -2.06. The van der Waals surface area contributed by atoms with Crippen molar-refractivity contribution in [3.8, 4) is 0 Å². The molecule has 0 saturated carbocycles. The van der Waals surface area contributed by atoms with E-state index in [2.05, 4.69) is 5.10 Å². The molecule has 3 aromatic heterocycles. The minimum absolute atomic E-state index is 0.148. The van der Waals surface area contributed by atoms with E-state index in [-0.39, 0.29) is 5.56 Å². The van der Waals surface area contributed by atoms with Crippen LogP contribution in [0.4, 0.5) is 5.69 Å². The lowest BCUT2D eigenvalue weighted by atomic mass is 10.2. The molecule has 0 saturated heterocycles. The maximum absolute atomic E-state index is 12.9. The van der Waals surface area contributed by atoms with E-state index in [4.69, 9.17) is 5.73 Å². The van der Waals surface area contributed by atoms with Gasteiger partial charge in [-0.25, -0.2) is 4.68 Å². The predicted molar refractivity (Wildman–Crippen MR) is 103 cm³/mol. The van der Waals surface area contributed by atoms with E-state index in [1.165, 1.54) is 16.0 Å². The van der Waals surface area contributed by atoms with Crippen LogP contribution in [0.5, 0.6) is 0 Å². The number of hydrogen-bond acceptors (Lipinski definition) is 5. The summed E-state index contributed by atoms with van der Waals surface area (Å²) >= 11 is 1.45. The summed E-state index contributed by atoms with van der Waals surface area (Å²) in [4.78, 5) is 12.9. The Hall–Kier alpha value is -2.45. The van der Waals surface area contributed by atoms with Crippen molar-refractivity contribution in [2.75, 3.05) is 12.0 Å². The van der Waals surface area contributed by atoms with Crippen molar-refractivity contribution in [1.82, 2.24) is 14.3 Å². The van der Waals surface area contributed by atoms with Gasteiger partial charge in [-0.2, -0.15) is 5.10 Å². The number of benzene rings is 1. The lowest BCUT2D eigenvalue weighted by Crippen LogP contribution is -2.24. The van der Waals surface area contributed by atoms with Crippen molar-refractivity contribution < 1.29 is 4.21 Å². The molecule has 2 N–H and O–H groups in total. The first kappa shape index (κ1) is 16.0. The van der Waals surface area contributed by atoms with Crippen LogP contribution in [0.25, 0.3) is 21.1 Å². The number of nitrogens with zero attached hydrogens (tertiary/aromatic N) is 3. The summed E-state index contributed by atoms with van der Waals surface area (Å²) in [5.74, 6) is 0. The summed E-state index contributed by atoms with van der Waals surface area (Å²) in [5, 5.41) is 5.13. The molecule has 0 aliphatic heterocycles. The minimum Gasteiger partial charge on any atom is -0.399 e. The van der Waals surface area contributed by atoms with Gasteiger partial charge in [0.05, 0.1) is 38.0 Å². The zero-order valence-corrected chi connectivity index (χ0v) is 15.4. The van der Waals surface area contributed by atoms with Gasteiger partial charge in [0.1, 0.15) is 5.52 Å². The van der Waals surface area contributed by atoms with Gasteiger partial charge in [0.25, 0.3) is 5.56 Å². The number of anilines is 1. The summed E-state index contributed by atoms with van der Waals surface area (Å²) in [6.07, 6.45) is 3.37. The number of aryl methyl sites for hydroxylation is 1. The third-order valence-corrected chi connectivity index (χ3v) is 6.81. The molecule has 1 aromatic carbocycles. The summed E-state index contributed by atoms with van der Waals surface area (Å²) in [6.45, 7) is 0.364. The van der Waals surface area contributed by atoms with E-state index in [9.17, 15) is 9.00 Å². The van der Waals surface area contributed by atoms with Crippen molar-refractivity contribution >= 4 is 48.9 Å². The molecular weight excluding hydrogens is 356 g/mol. The second kappa shape index (κ2) is 5.82. The van der Waals surface area contributed by atoms with E-state index in [0.717, 1.165) is 25.4 Å². The highest BCUT2D eigenvalue weighted by molar-refractivity contribution is 7.86. The van der Waals surface area contributed by atoms with Gasteiger partial charge in [-0.15, -0.1) is 11.3 Å². The smallest absolute Gasteiger partial charge is 0.291 e. The van der Waals surface area contributed by atoms with Crippen LogP contribution in [0.15, 0.2) is 45.5 Å². The summed E-state index contributed by atoms with van der Waals surface area (Å²) in [6, 6.07) is 9.31. The SMILES string of the molecule is Cn1c2cc([S@](C)=O)sc2c2cnn(Cc3cccc(N)c3)c(=O)c21. The fourth-order valence-electron chi connectivity index (χ4n) is 3.01. The van der Waals surface area contributed by atoms with Crippen LogP contribution < -0.4 is 11.3 Å². The van der Waals surface area contributed by atoms with Gasteiger partial charge in [-0.1, -0.05) is 12.1 Å². The molecule has 4 rings (SSSR count). The van der Waals surface area contributed by atoms with Gasteiger partial charge in [-0.05, 0) is 23.8 Å². The van der Waals surface area contributed by atoms with Crippen LogP contribution >= 0.6 is 11.3 Å². The topological polar surface area (TPSA) is 82.9 Å². The van der Waals surface area contributed by atoms with Gasteiger partial charge in [0, 0.05) is 24.4 Å². The highest BCUT2D eigenvalue weighted by atomic mass is 32.2. The van der Waals surface area contributed by atoms with E-state index < -0.39 is 10.8 Å². The zero-order chi connectivity index (χ0) is 17.7. The Bertz CT molecular complexity index is 1200. The van der Waals surface area contributed by atoms with Crippen molar-refractivity contribution in [2.45, 2.75) is 10.8 Å². The van der Waals surface area contributed by atoms with Crippen LogP contribution in [0.2, 0.25) is 0 Å². The molecule has 0 radical (unpaired) electrons. The van der Waals surface area contributed by atoms with E-state index >= 15 is 0 Å². The van der Waals surface area contributed by atoms with E-state index in [0.29, 0.717) is 17.7 Å². The second-order valence-corrected chi connectivity index (χ2v) is 8.57. The monoisotopic (exact) mass is 372 g/mol. The molecular formula is C17H16N4O2S2. The molecule has 0 spiro atoms. The Morgan fingerprint density at radius 1 is 1.32 bits per heavy atom. The maximum atomic E-state index is 12.9. The number of nitrogen functional groups attached to an aromatic ring is 1. The normalized spacial score (nSPS) is 12.9. The summed E-state index contributed by atoms with van der Waals surface area (Å²) < 4.78 is 16.8. The van der Waals surface area contributed by atoms with Crippen LogP contribution in [0.1, 0.15) is 5.56 Å². The molecule has 0 fully saturated rings. The van der Waals surface area contributed by atoms with Gasteiger partial charge < -0.3 is 10.3 Å². The largest absolute Gasteiger partial charge is 0.399 e. The van der Waals surface area contributed by atoms with Crippen molar-refractivity contribution in [2.24, 2.45) is 7.05 Å². The molecule has 0 aliphatic carbocycles. The third-order valence-electron chi connectivity index (χ3n) is 4.22. The third kappa shape index (κ3) is 2.58. The van der Waals surface area contributed by atoms with Crippen LogP contribution in [-0.4, -0.2) is 24.8 Å².